The fourth-order valence-electron chi connectivity index (χ4n) is 3.51. The van der Waals surface area contributed by atoms with Crippen molar-refractivity contribution in [2.75, 3.05) is 17.3 Å². The molecule has 4 aromatic rings. The summed E-state index contributed by atoms with van der Waals surface area (Å²) in [7, 11) is 1.56. The fourth-order valence-corrected chi connectivity index (χ4v) is 3.51. The van der Waals surface area contributed by atoms with Gasteiger partial charge in [0, 0.05) is 24.8 Å². The highest BCUT2D eigenvalue weighted by Crippen LogP contribution is 2.35. The molecule has 0 aliphatic heterocycles. The van der Waals surface area contributed by atoms with Crippen molar-refractivity contribution in [3.05, 3.63) is 112 Å². The number of benzene rings is 3. The highest BCUT2D eigenvalue weighted by molar-refractivity contribution is 5.74. The van der Waals surface area contributed by atoms with E-state index in [1.807, 2.05) is 65.6 Å². The number of methoxy groups -OCH3 is 1. The summed E-state index contributed by atoms with van der Waals surface area (Å²) in [4.78, 5) is 22.2. The Balaban J connectivity index is 1.75. The topological polar surface area (TPSA) is 93.4 Å². The summed E-state index contributed by atoms with van der Waals surface area (Å²) in [5.41, 5.74) is 2.47. The van der Waals surface area contributed by atoms with Gasteiger partial charge in [0.1, 0.15) is 12.1 Å². The smallest absolute Gasteiger partial charge is 0.353 e. The minimum absolute atomic E-state index is 0.115. The summed E-state index contributed by atoms with van der Waals surface area (Å²) in [6.07, 6.45) is 1.34. The number of nitrogens with one attached hydrogen (secondary N) is 1. The Hall–Kier alpha value is -4.46. The third-order valence-electron chi connectivity index (χ3n) is 5.05. The standard InChI is InChI=1S/C25H23N5O3/c1-33-22-14-8-13-21(15-22)28-24-23(30(31)32)25(27-18-26-24)29(16-19-9-4-2-5-10-19)17-20-11-6-3-7-12-20/h2-15,18H,16-17H2,1H3,(H,26,27,28). The molecule has 8 heteroatoms. The highest BCUT2D eigenvalue weighted by atomic mass is 16.6. The van der Waals surface area contributed by atoms with Crippen molar-refractivity contribution in [1.29, 1.82) is 0 Å². The second kappa shape index (κ2) is 10.2. The third-order valence-corrected chi connectivity index (χ3v) is 5.05. The van der Waals surface area contributed by atoms with Crippen LogP contribution in [0.15, 0.2) is 91.3 Å². The number of hydrogen-bond donors (Lipinski definition) is 1. The van der Waals surface area contributed by atoms with Crippen molar-refractivity contribution in [2.45, 2.75) is 13.1 Å². The van der Waals surface area contributed by atoms with Crippen LogP contribution in [0, 0.1) is 10.1 Å². The summed E-state index contributed by atoms with van der Waals surface area (Å²) in [5.74, 6) is 0.990. The normalized spacial score (nSPS) is 10.5. The zero-order valence-electron chi connectivity index (χ0n) is 18.1. The molecule has 3 aromatic carbocycles. The van der Waals surface area contributed by atoms with E-state index in [4.69, 9.17) is 4.74 Å². The number of ether oxygens (including phenoxy) is 1. The van der Waals surface area contributed by atoms with Gasteiger partial charge in [0.25, 0.3) is 0 Å². The number of nitro groups is 1. The van der Waals surface area contributed by atoms with Gasteiger partial charge in [0.05, 0.1) is 12.0 Å². The van der Waals surface area contributed by atoms with Gasteiger partial charge < -0.3 is 15.0 Å². The zero-order valence-corrected chi connectivity index (χ0v) is 18.1. The van der Waals surface area contributed by atoms with Crippen LogP contribution in [0.1, 0.15) is 11.1 Å². The molecule has 0 amide bonds. The van der Waals surface area contributed by atoms with E-state index in [1.165, 1.54) is 6.33 Å². The van der Waals surface area contributed by atoms with Crippen LogP contribution in [0.2, 0.25) is 0 Å². The van der Waals surface area contributed by atoms with Crippen LogP contribution in [-0.2, 0) is 13.1 Å². The first kappa shape index (κ1) is 21.8. The van der Waals surface area contributed by atoms with Crippen LogP contribution in [0.25, 0.3) is 0 Å². The molecule has 8 nitrogen and oxygen atoms in total. The number of rotatable bonds is 9. The van der Waals surface area contributed by atoms with E-state index in [-0.39, 0.29) is 17.3 Å². The molecule has 0 saturated heterocycles. The van der Waals surface area contributed by atoms with E-state index >= 15 is 0 Å². The Morgan fingerprint density at radius 2 is 1.55 bits per heavy atom. The molecule has 0 unspecified atom stereocenters. The van der Waals surface area contributed by atoms with Crippen molar-refractivity contribution in [3.8, 4) is 5.75 Å². The average molecular weight is 441 g/mol. The first-order valence-electron chi connectivity index (χ1n) is 10.4. The average Bonchev–Trinajstić information content (AvgIpc) is 2.85. The predicted octanol–water partition coefficient (Wildman–Crippen LogP) is 5.34. The highest BCUT2D eigenvalue weighted by Gasteiger charge is 2.27. The molecule has 1 heterocycles. The quantitative estimate of drug-likeness (QED) is 0.277. The molecule has 1 N–H and O–H groups in total. The molecule has 33 heavy (non-hydrogen) atoms. The van der Waals surface area contributed by atoms with E-state index in [9.17, 15) is 10.1 Å². The lowest BCUT2D eigenvalue weighted by atomic mass is 10.1. The van der Waals surface area contributed by atoms with E-state index in [2.05, 4.69) is 15.3 Å². The van der Waals surface area contributed by atoms with Crippen molar-refractivity contribution < 1.29 is 9.66 Å². The molecule has 0 spiro atoms. The predicted molar refractivity (Wildman–Crippen MR) is 128 cm³/mol. The van der Waals surface area contributed by atoms with Gasteiger partial charge in [-0.15, -0.1) is 0 Å². The van der Waals surface area contributed by atoms with E-state index < -0.39 is 4.92 Å². The molecule has 0 bridgehead atoms. The Labute approximate surface area is 191 Å². The second-order valence-corrected chi connectivity index (χ2v) is 7.34. The molecule has 0 saturated carbocycles. The molecule has 0 aliphatic rings. The minimum atomic E-state index is -0.444. The molecule has 4 rings (SSSR count). The molecular formula is C25H23N5O3. The van der Waals surface area contributed by atoms with Crippen LogP contribution >= 0.6 is 0 Å². The number of aromatic nitrogens is 2. The Morgan fingerprint density at radius 3 is 2.12 bits per heavy atom. The second-order valence-electron chi connectivity index (χ2n) is 7.34. The summed E-state index contributed by atoms with van der Waals surface area (Å²) in [6.45, 7) is 0.901. The van der Waals surface area contributed by atoms with Crippen molar-refractivity contribution in [2.24, 2.45) is 0 Å². The van der Waals surface area contributed by atoms with Crippen molar-refractivity contribution in [3.63, 3.8) is 0 Å². The van der Waals surface area contributed by atoms with Crippen LogP contribution in [0.4, 0.5) is 23.0 Å². The van der Waals surface area contributed by atoms with Crippen LogP contribution in [0.5, 0.6) is 5.75 Å². The summed E-state index contributed by atoms with van der Waals surface area (Å²) >= 11 is 0. The number of hydrogen-bond acceptors (Lipinski definition) is 7. The molecule has 0 aliphatic carbocycles. The van der Waals surface area contributed by atoms with E-state index in [1.54, 1.807) is 31.4 Å². The molecule has 0 fully saturated rings. The van der Waals surface area contributed by atoms with Crippen LogP contribution in [0.3, 0.4) is 0 Å². The lowest BCUT2D eigenvalue weighted by Crippen LogP contribution is -2.24. The molecule has 166 valence electrons. The maximum Gasteiger partial charge on any atom is 0.353 e. The molecular weight excluding hydrogens is 418 g/mol. The number of anilines is 3. The maximum atomic E-state index is 12.2. The first-order valence-corrected chi connectivity index (χ1v) is 10.4. The van der Waals surface area contributed by atoms with E-state index in [0.29, 0.717) is 24.5 Å². The third kappa shape index (κ3) is 5.43. The molecule has 1 aromatic heterocycles. The van der Waals surface area contributed by atoms with Crippen molar-refractivity contribution >= 4 is 23.0 Å². The summed E-state index contributed by atoms with van der Waals surface area (Å²) < 4.78 is 5.25. The van der Waals surface area contributed by atoms with Gasteiger partial charge in [-0.25, -0.2) is 9.97 Å². The fraction of sp³-hybridized carbons (Fsp3) is 0.120. The minimum Gasteiger partial charge on any atom is -0.497 e. The van der Waals surface area contributed by atoms with Gasteiger partial charge in [-0.3, -0.25) is 10.1 Å². The zero-order chi connectivity index (χ0) is 23.0. The van der Waals surface area contributed by atoms with Gasteiger partial charge >= 0.3 is 5.69 Å². The summed E-state index contributed by atoms with van der Waals surface area (Å²) in [5, 5.41) is 15.3. The van der Waals surface area contributed by atoms with Gasteiger partial charge in [-0.05, 0) is 23.3 Å². The molecule has 0 radical (unpaired) electrons. The largest absolute Gasteiger partial charge is 0.497 e. The monoisotopic (exact) mass is 441 g/mol. The Bertz CT molecular complexity index is 1180. The van der Waals surface area contributed by atoms with Gasteiger partial charge in [0.2, 0.25) is 11.6 Å². The first-order chi connectivity index (χ1) is 16.1. The van der Waals surface area contributed by atoms with E-state index in [0.717, 1.165) is 11.1 Å². The molecule has 0 atom stereocenters. The SMILES string of the molecule is COc1cccc(Nc2ncnc(N(Cc3ccccc3)Cc3ccccc3)c2[N+](=O)[O-])c1. The van der Waals surface area contributed by atoms with Crippen LogP contribution in [-0.4, -0.2) is 22.0 Å². The Morgan fingerprint density at radius 1 is 0.909 bits per heavy atom. The van der Waals surface area contributed by atoms with Gasteiger partial charge in [-0.2, -0.15) is 0 Å². The van der Waals surface area contributed by atoms with Crippen LogP contribution < -0.4 is 15.0 Å². The van der Waals surface area contributed by atoms with Gasteiger partial charge in [-0.1, -0.05) is 66.7 Å². The summed E-state index contributed by atoms with van der Waals surface area (Å²) in [6, 6.07) is 26.7. The number of nitrogens with zero attached hydrogens (tertiary/aromatic N) is 4. The lowest BCUT2D eigenvalue weighted by Gasteiger charge is -2.24. The Kier molecular flexibility index (Phi) is 6.75. The van der Waals surface area contributed by atoms with Gasteiger partial charge in [0.15, 0.2) is 0 Å². The lowest BCUT2D eigenvalue weighted by molar-refractivity contribution is -0.383. The maximum absolute atomic E-state index is 12.2. The van der Waals surface area contributed by atoms with Crippen molar-refractivity contribution in [1.82, 2.24) is 9.97 Å².